The second kappa shape index (κ2) is 6.98. The average molecular weight is 305 g/mol. The topological polar surface area (TPSA) is 73.9 Å². The molecule has 0 radical (unpaired) electrons. The summed E-state index contributed by atoms with van der Waals surface area (Å²) in [5, 5.41) is 2.65. The third-order valence-electron chi connectivity index (χ3n) is 3.31. The van der Waals surface area contributed by atoms with Gasteiger partial charge in [-0.15, -0.1) is 0 Å². The van der Waals surface area contributed by atoms with Crippen molar-refractivity contribution in [3.05, 3.63) is 29.3 Å². The van der Waals surface area contributed by atoms with Crippen molar-refractivity contribution >= 4 is 17.6 Å². The van der Waals surface area contributed by atoms with Crippen molar-refractivity contribution in [1.82, 2.24) is 5.32 Å². The van der Waals surface area contributed by atoms with Gasteiger partial charge in [-0.1, -0.05) is 13.3 Å². The van der Waals surface area contributed by atoms with Crippen molar-refractivity contribution in [2.45, 2.75) is 19.8 Å². The Hall–Kier alpha value is -2.50. The highest BCUT2D eigenvalue weighted by molar-refractivity contribution is 6.12. The van der Waals surface area contributed by atoms with Gasteiger partial charge in [-0.25, -0.2) is 4.79 Å². The van der Waals surface area contributed by atoms with Gasteiger partial charge in [0.25, 0.3) is 5.91 Å². The zero-order chi connectivity index (χ0) is 16.1. The molecule has 1 aliphatic rings. The number of hydrogen-bond donors (Lipinski definition) is 1. The summed E-state index contributed by atoms with van der Waals surface area (Å²) in [5.41, 5.74) is 1.43. The van der Waals surface area contributed by atoms with Crippen molar-refractivity contribution in [3.8, 4) is 11.5 Å². The number of methoxy groups -OCH3 is 2. The van der Waals surface area contributed by atoms with Gasteiger partial charge in [-0.3, -0.25) is 4.79 Å². The lowest BCUT2D eigenvalue weighted by atomic mass is 10.1. The molecule has 22 heavy (non-hydrogen) atoms. The second-order valence-electron chi connectivity index (χ2n) is 4.79. The molecule has 0 bridgehead atoms. The Morgan fingerprint density at radius 3 is 2.41 bits per heavy atom. The second-order valence-corrected chi connectivity index (χ2v) is 4.79. The van der Waals surface area contributed by atoms with Gasteiger partial charge in [-0.2, -0.15) is 0 Å². The minimum Gasteiger partial charge on any atom is -0.493 e. The molecule has 6 nitrogen and oxygen atoms in total. The average Bonchev–Trinajstić information content (AvgIpc) is 2.81. The van der Waals surface area contributed by atoms with Gasteiger partial charge < -0.3 is 19.5 Å². The molecule has 1 heterocycles. The molecule has 0 fully saturated rings. The zero-order valence-electron chi connectivity index (χ0n) is 12.9. The zero-order valence-corrected chi connectivity index (χ0v) is 12.9. The molecular formula is C16H19NO5. The van der Waals surface area contributed by atoms with E-state index in [1.807, 2.05) is 6.92 Å². The fraction of sp³-hybridized carbons (Fsp3) is 0.375. The van der Waals surface area contributed by atoms with Crippen LogP contribution < -0.4 is 14.8 Å². The summed E-state index contributed by atoms with van der Waals surface area (Å²) in [7, 11) is 3.01. The van der Waals surface area contributed by atoms with Crippen LogP contribution in [0.1, 0.15) is 35.7 Å². The van der Waals surface area contributed by atoms with E-state index in [0.29, 0.717) is 34.9 Å². The van der Waals surface area contributed by atoms with Gasteiger partial charge in [0, 0.05) is 11.6 Å². The first-order chi connectivity index (χ1) is 10.6. The van der Waals surface area contributed by atoms with Crippen LogP contribution in [0.25, 0.3) is 5.70 Å². The monoisotopic (exact) mass is 305 g/mol. The molecule has 0 aromatic heterocycles. The van der Waals surface area contributed by atoms with E-state index < -0.39 is 5.97 Å². The first-order valence-corrected chi connectivity index (χ1v) is 7.06. The van der Waals surface area contributed by atoms with E-state index in [1.54, 1.807) is 12.1 Å². The molecule has 0 saturated carbocycles. The Balaban J connectivity index is 2.29. The molecule has 0 aliphatic carbocycles. The van der Waals surface area contributed by atoms with Gasteiger partial charge in [0.1, 0.15) is 0 Å². The lowest BCUT2D eigenvalue weighted by molar-refractivity contribution is -0.137. The molecule has 118 valence electrons. The summed E-state index contributed by atoms with van der Waals surface area (Å²) >= 11 is 0. The van der Waals surface area contributed by atoms with Crippen molar-refractivity contribution < 1.29 is 23.8 Å². The van der Waals surface area contributed by atoms with Crippen LogP contribution in [0.3, 0.4) is 0 Å². The number of unbranched alkanes of at least 4 members (excludes halogenated alkanes) is 1. The van der Waals surface area contributed by atoms with Crippen molar-refractivity contribution in [2.75, 3.05) is 20.8 Å². The van der Waals surface area contributed by atoms with Gasteiger partial charge in [0.2, 0.25) is 0 Å². The Kier molecular flexibility index (Phi) is 5.04. The first-order valence-electron chi connectivity index (χ1n) is 7.06. The van der Waals surface area contributed by atoms with Crippen molar-refractivity contribution in [3.63, 3.8) is 0 Å². The lowest BCUT2D eigenvalue weighted by Gasteiger charge is -2.09. The highest BCUT2D eigenvalue weighted by atomic mass is 16.5. The SMILES string of the molecule is CCCCOC(=O)/C=C1\NC(=O)c2cc(OC)c(OC)cc21. The number of hydrogen-bond acceptors (Lipinski definition) is 5. The van der Waals surface area contributed by atoms with Crippen molar-refractivity contribution in [2.24, 2.45) is 0 Å². The highest BCUT2D eigenvalue weighted by Crippen LogP contribution is 2.35. The molecule has 6 heteroatoms. The molecule has 1 amide bonds. The fourth-order valence-corrected chi connectivity index (χ4v) is 2.14. The molecule has 1 aromatic rings. The van der Waals surface area contributed by atoms with Crippen LogP contribution in [-0.4, -0.2) is 32.7 Å². The lowest BCUT2D eigenvalue weighted by Crippen LogP contribution is -2.13. The first kappa shape index (κ1) is 15.9. The van der Waals surface area contributed by atoms with Crippen LogP contribution in [0, 0.1) is 0 Å². The Labute approximate surface area is 129 Å². The van der Waals surface area contributed by atoms with Gasteiger partial charge in [0.15, 0.2) is 11.5 Å². The quantitative estimate of drug-likeness (QED) is 0.495. The number of amides is 1. The predicted octanol–water partition coefficient (Wildman–Crippen LogP) is 2.13. The summed E-state index contributed by atoms with van der Waals surface area (Å²) in [6, 6.07) is 3.25. The maximum Gasteiger partial charge on any atom is 0.332 e. The number of esters is 1. The number of ether oxygens (including phenoxy) is 3. The molecule has 1 aliphatic heterocycles. The fourth-order valence-electron chi connectivity index (χ4n) is 2.14. The molecule has 1 aromatic carbocycles. The third kappa shape index (κ3) is 3.21. The van der Waals surface area contributed by atoms with Crippen LogP contribution in [0.15, 0.2) is 18.2 Å². The minimum atomic E-state index is -0.480. The van der Waals surface area contributed by atoms with E-state index in [-0.39, 0.29) is 5.91 Å². The molecule has 0 atom stereocenters. The predicted molar refractivity (Wildman–Crippen MR) is 80.9 cm³/mol. The standard InChI is InChI=1S/C16H19NO5/c1-4-5-6-22-15(18)9-12-10-7-13(20-2)14(21-3)8-11(10)16(19)17-12/h7-9H,4-6H2,1-3H3,(H,17,19)/b12-9-. The molecular weight excluding hydrogens is 286 g/mol. The molecule has 0 saturated heterocycles. The van der Waals surface area contributed by atoms with E-state index >= 15 is 0 Å². The van der Waals surface area contributed by atoms with Gasteiger partial charge in [0.05, 0.1) is 32.1 Å². The van der Waals surface area contributed by atoms with Crippen LogP contribution in [0.2, 0.25) is 0 Å². The maximum atomic E-state index is 12.0. The normalized spacial score (nSPS) is 14.5. The van der Waals surface area contributed by atoms with Crippen LogP contribution in [0.5, 0.6) is 11.5 Å². The Morgan fingerprint density at radius 2 is 1.82 bits per heavy atom. The number of carbonyl (C=O) groups is 2. The van der Waals surface area contributed by atoms with E-state index in [9.17, 15) is 9.59 Å². The summed E-state index contributed by atoms with van der Waals surface area (Å²) in [4.78, 5) is 23.7. The Bertz CT molecular complexity index is 621. The number of fused-ring (bicyclic) bond motifs is 1. The van der Waals surface area contributed by atoms with E-state index in [1.165, 1.54) is 20.3 Å². The minimum absolute atomic E-state index is 0.288. The highest BCUT2D eigenvalue weighted by Gasteiger charge is 2.27. The van der Waals surface area contributed by atoms with Crippen LogP contribution >= 0.6 is 0 Å². The molecule has 0 spiro atoms. The Morgan fingerprint density at radius 1 is 1.18 bits per heavy atom. The number of rotatable bonds is 6. The van der Waals surface area contributed by atoms with E-state index in [4.69, 9.17) is 14.2 Å². The summed E-state index contributed by atoms with van der Waals surface area (Å²) in [6.07, 6.45) is 3.04. The number of nitrogens with one attached hydrogen (secondary N) is 1. The summed E-state index contributed by atoms with van der Waals surface area (Å²) in [5.74, 6) is 0.182. The smallest absolute Gasteiger partial charge is 0.332 e. The van der Waals surface area contributed by atoms with E-state index in [0.717, 1.165) is 12.8 Å². The van der Waals surface area contributed by atoms with E-state index in [2.05, 4.69) is 5.32 Å². The van der Waals surface area contributed by atoms with Crippen LogP contribution in [0.4, 0.5) is 0 Å². The number of benzene rings is 1. The third-order valence-corrected chi connectivity index (χ3v) is 3.31. The maximum absolute atomic E-state index is 12.0. The van der Waals surface area contributed by atoms with Crippen LogP contribution in [-0.2, 0) is 9.53 Å². The van der Waals surface area contributed by atoms with Gasteiger partial charge in [-0.05, 0) is 18.6 Å². The molecule has 0 unspecified atom stereocenters. The largest absolute Gasteiger partial charge is 0.493 e. The molecule has 2 rings (SSSR count). The molecule has 1 N–H and O–H groups in total. The van der Waals surface area contributed by atoms with Gasteiger partial charge >= 0.3 is 5.97 Å². The number of carbonyl (C=O) groups excluding carboxylic acids is 2. The summed E-state index contributed by atoms with van der Waals surface area (Å²) < 4.78 is 15.5. The van der Waals surface area contributed by atoms with Crippen molar-refractivity contribution in [1.29, 1.82) is 0 Å². The summed E-state index contributed by atoms with van der Waals surface area (Å²) in [6.45, 7) is 2.38.